The molecule has 2 aliphatic rings. The highest BCUT2D eigenvalue weighted by Gasteiger charge is 2.32. The zero-order chi connectivity index (χ0) is 14.3. The lowest BCUT2D eigenvalue weighted by Gasteiger charge is -2.31. The van der Waals surface area contributed by atoms with Crippen LogP contribution in [0, 0.1) is 6.92 Å². The maximum Gasteiger partial charge on any atom is 0.236 e. The third-order valence-electron chi connectivity index (χ3n) is 4.43. The number of thiazole rings is 1. The Labute approximate surface area is 124 Å². The number of carbonyl (C=O) groups is 1. The van der Waals surface area contributed by atoms with Crippen LogP contribution < -0.4 is 0 Å². The summed E-state index contributed by atoms with van der Waals surface area (Å²) in [5.74, 6) is 0.253. The van der Waals surface area contributed by atoms with Crippen molar-refractivity contribution in [3.05, 3.63) is 15.6 Å². The van der Waals surface area contributed by atoms with Gasteiger partial charge in [-0.2, -0.15) is 0 Å². The monoisotopic (exact) mass is 293 g/mol. The van der Waals surface area contributed by atoms with Gasteiger partial charge in [0.15, 0.2) is 0 Å². The molecule has 1 aromatic rings. The molecule has 1 fully saturated rings. The summed E-state index contributed by atoms with van der Waals surface area (Å²) in [4.78, 5) is 22.4. The van der Waals surface area contributed by atoms with Crippen molar-refractivity contribution in [3.8, 4) is 0 Å². The van der Waals surface area contributed by atoms with Crippen LogP contribution >= 0.6 is 11.3 Å². The van der Waals surface area contributed by atoms with Crippen molar-refractivity contribution in [2.24, 2.45) is 0 Å². The number of fused-ring (bicyclic) bond motifs is 1. The number of hydrogen-bond donors (Lipinski definition) is 0. The molecule has 1 atom stereocenters. The van der Waals surface area contributed by atoms with Gasteiger partial charge in [0.25, 0.3) is 0 Å². The van der Waals surface area contributed by atoms with E-state index in [1.807, 2.05) is 11.9 Å². The first-order valence-corrected chi connectivity index (χ1v) is 8.30. The lowest BCUT2D eigenvalue weighted by Crippen LogP contribution is -2.39. The number of hydrogen-bond acceptors (Lipinski definition) is 4. The lowest BCUT2D eigenvalue weighted by molar-refractivity contribution is -0.131. The third-order valence-corrected chi connectivity index (χ3v) is 5.55. The van der Waals surface area contributed by atoms with Crippen molar-refractivity contribution < 1.29 is 4.79 Å². The van der Waals surface area contributed by atoms with Gasteiger partial charge in [0, 0.05) is 24.0 Å². The number of rotatable bonds is 4. The van der Waals surface area contributed by atoms with Crippen LogP contribution in [0.5, 0.6) is 0 Å². The molecule has 0 aliphatic heterocycles. The van der Waals surface area contributed by atoms with Crippen LogP contribution in [0.25, 0.3) is 0 Å². The number of nitrogens with zero attached hydrogens (tertiary/aromatic N) is 3. The Morgan fingerprint density at radius 1 is 1.35 bits per heavy atom. The number of carbonyl (C=O) groups excluding carboxylic acids is 1. The van der Waals surface area contributed by atoms with Crippen molar-refractivity contribution in [2.45, 2.75) is 51.1 Å². The van der Waals surface area contributed by atoms with Crippen molar-refractivity contribution in [1.29, 1.82) is 0 Å². The van der Waals surface area contributed by atoms with Gasteiger partial charge in [-0.15, -0.1) is 11.3 Å². The Kier molecular flexibility index (Phi) is 3.82. The van der Waals surface area contributed by atoms with Crippen LogP contribution in [-0.4, -0.2) is 47.4 Å². The Bertz CT molecular complexity index is 509. The highest BCUT2D eigenvalue weighted by molar-refractivity contribution is 7.11. The fourth-order valence-corrected chi connectivity index (χ4v) is 4.21. The normalized spacial score (nSPS) is 21.9. The molecular formula is C15H23N3OS. The van der Waals surface area contributed by atoms with Gasteiger partial charge in [0.2, 0.25) is 5.91 Å². The Morgan fingerprint density at radius 3 is 2.80 bits per heavy atom. The Hall–Kier alpha value is -0.940. The molecule has 0 spiro atoms. The average Bonchev–Trinajstić information content (AvgIpc) is 3.18. The number of likely N-dealkylation sites (N-methyl/N-ethyl adjacent to an activating group) is 2. The van der Waals surface area contributed by atoms with Crippen molar-refractivity contribution >= 4 is 17.2 Å². The molecule has 1 unspecified atom stereocenters. The lowest BCUT2D eigenvalue weighted by atomic mass is 9.97. The fraction of sp³-hybridized carbons (Fsp3) is 0.733. The molecule has 0 saturated heterocycles. The van der Waals surface area contributed by atoms with E-state index >= 15 is 0 Å². The first-order valence-electron chi connectivity index (χ1n) is 7.48. The summed E-state index contributed by atoms with van der Waals surface area (Å²) < 4.78 is 0. The van der Waals surface area contributed by atoms with E-state index in [1.54, 1.807) is 11.3 Å². The third kappa shape index (κ3) is 2.74. The minimum Gasteiger partial charge on any atom is -0.342 e. The molecule has 3 rings (SSSR count). The fourth-order valence-electron chi connectivity index (χ4n) is 3.04. The molecule has 0 bridgehead atoms. The Morgan fingerprint density at radius 2 is 2.10 bits per heavy atom. The molecule has 1 amide bonds. The van der Waals surface area contributed by atoms with Gasteiger partial charge in [-0.3, -0.25) is 9.69 Å². The van der Waals surface area contributed by atoms with Gasteiger partial charge in [0.1, 0.15) is 0 Å². The molecule has 0 N–H and O–H groups in total. The predicted molar refractivity (Wildman–Crippen MR) is 81.0 cm³/mol. The van der Waals surface area contributed by atoms with E-state index in [4.69, 9.17) is 0 Å². The van der Waals surface area contributed by atoms with Crippen LogP contribution in [0.2, 0.25) is 0 Å². The molecule has 0 aromatic carbocycles. The second-order valence-electron chi connectivity index (χ2n) is 6.10. The van der Waals surface area contributed by atoms with Crippen LogP contribution in [0.4, 0.5) is 0 Å². The van der Waals surface area contributed by atoms with Gasteiger partial charge < -0.3 is 4.90 Å². The van der Waals surface area contributed by atoms with Gasteiger partial charge in [-0.1, -0.05) is 0 Å². The first kappa shape index (κ1) is 14.0. The van der Waals surface area contributed by atoms with E-state index in [1.165, 1.54) is 29.8 Å². The molecule has 4 nitrogen and oxygen atoms in total. The van der Waals surface area contributed by atoms with E-state index < -0.39 is 0 Å². The SMILES string of the molecule is Cc1nc2c(s1)C(N(C)CC(=O)N(C)C1CC1)CCC2. The molecule has 1 aromatic heterocycles. The predicted octanol–water partition coefficient (Wildman–Crippen LogP) is 2.38. The van der Waals surface area contributed by atoms with Crippen LogP contribution in [0.15, 0.2) is 0 Å². The topological polar surface area (TPSA) is 36.4 Å². The molecule has 2 aliphatic carbocycles. The number of amides is 1. The van der Waals surface area contributed by atoms with E-state index in [-0.39, 0.29) is 5.91 Å². The molecule has 0 radical (unpaired) electrons. The van der Waals surface area contributed by atoms with Crippen molar-refractivity contribution in [2.75, 3.05) is 20.6 Å². The summed E-state index contributed by atoms with van der Waals surface area (Å²) in [6.45, 7) is 2.60. The summed E-state index contributed by atoms with van der Waals surface area (Å²) in [5, 5.41) is 1.15. The molecule has 20 heavy (non-hydrogen) atoms. The zero-order valence-electron chi connectivity index (χ0n) is 12.6. The summed E-state index contributed by atoms with van der Waals surface area (Å²) in [6.07, 6.45) is 5.77. The molecule has 5 heteroatoms. The van der Waals surface area contributed by atoms with E-state index in [0.29, 0.717) is 18.6 Å². The molecule has 110 valence electrons. The molecule has 1 heterocycles. The van der Waals surface area contributed by atoms with Crippen molar-refractivity contribution in [3.63, 3.8) is 0 Å². The smallest absolute Gasteiger partial charge is 0.236 e. The second kappa shape index (κ2) is 5.45. The summed E-state index contributed by atoms with van der Waals surface area (Å²) in [7, 11) is 4.02. The van der Waals surface area contributed by atoms with Gasteiger partial charge in [-0.05, 0) is 46.1 Å². The van der Waals surface area contributed by atoms with Gasteiger partial charge in [0.05, 0.1) is 17.2 Å². The highest BCUT2D eigenvalue weighted by atomic mass is 32.1. The van der Waals surface area contributed by atoms with E-state index in [2.05, 4.69) is 23.9 Å². The second-order valence-corrected chi connectivity index (χ2v) is 7.34. The standard InChI is InChI=1S/C15H23N3OS/c1-10-16-12-5-4-6-13(15(12)20-10)17(2)9-14(19)18(3)11-7-8-11/h11,13H,4-9H2,1-3H3. The van der Waals surface area contributed by atoms with Crippen LogP contribution in [0.3, 0.4) is 0 Å². The minimum absolute atomic E-state index is 0.253. The highest BCUT2D eigenvalue weighted by Crippen LogP contribution is 2.37. The molecular weight excluding hydrogens is 270 g/mol. The number of aromatic nitrogens is 1. The Balaban J connectivity index is 1.68. The first-order chi connectivity index (χ1) is 9.56. The van der Waals surface area contributed by atoms with Crippen LogP contribution in [0.1, 0.15) is 47.3 Å². The largest absolute Gasteiger partial charge is 0.342 e. The van der Waals surface area contributed by atoms with Crippen molar-refractivity contribution in [1.82, 2.24) is 14.8 Å². The quantitative estimate of drug-likeness (QED) is 0.855. The number of aryl methyl sites for hydroxylation is 2. The van der Waals surface area contributed by atoms with E-state index in [9.17, 15) is 4.79 Å². The summed E-state index contributed by atoms with van der Waals surface area (Å²) in [6, 6.07) is 0.880. The average molecular weight is 293 g/mol. The summed E-state index contributed by atoms with van der Waals surface area (Å²) >= 11 is 1.80. The maximum absolute atomic E-state index is 12.3. The molecule has 1 saturated carbocycles. The van der Waals surface area contributed by atoms with Crippen LogP contribution in [-0.2, 0) is 11.2 Å². The zero-order valence-corrected chi connectivity index (χ0v) is 13.4. The minimum atomic E-state index is 0.253. The van der Waals surface area contributed by atoms with Gasteiger partial charge in [-0.25, -0.2) is 4.98 Å². The maximum atomic E-state index is 12.3. The van der Waals surface area contributed by atoms with E-state index in [0.717, 1.165) is 17.8 Å². The van der Waals surface area contributed by atoms with Gasteiger partial charge >= 0.3 is 0 Å². The summed E-state index contributed by atoms with van der Waals surface area (Å²) in [5.41, 5.74) is 1.26.